The number of hydrogen-bond donors (Lipinski definition) is 1. The van der Waals surface area contributed by atoms with Crippen LogP contribution in [0.25, 0.3) is 10.9 Å². The van der Waals surface area contributed by atoms with Gasteiger partial charge in [-0.2, -0.15) is 0 Å². The summed E-state index contributed by atoms with van der Waals surface area (Å²) in [5.74, 6) is 0.832. The number of benzene rings is 1. The number of aromatic nitrogens is 1. The summed E-state index contributed by atoms with van der Waals surface area (Å²) in [5, 5.41) is 0.410. The molecular formula is C25H31FN2O4. The molecule has 4 aliphatic rings. The number of H-pyrrole nitrogens is 1. The number of methoxy groups -OCH3 is 1. The van der Waals surface area contributed by atoms with Gasteiger partial charge in [0.1, 0.15) is 17.0 Å². The van der Waals surface area contributed by atoms with Crippen molar-refractivity contribution in [3.8, 4) is 5.75 Å². The second-order valence-corrected chi connectivity index (χ2v) is 9.90. The zero-order valence-corrected chi connectivity index (χ0v) is 18.8. The molecule has 2 aromatic rings. The van der Waals surface area contributed by atoms with Gasteiger partial charge in [-0.05, 0) is 63.0 Å². The molecule has 172 valence electrons. The number of fused-ring (bicyclic) bond motifs is 1. The van der Waals surface area contributed by atoms with Crippen LogP contribution in [0.3, 0.4) is 0 Å². The zero-order valence-electron chi connectivity index (χ0n) is 18.8. The Morgan fingerprint density at radius 1 is 1.25 bits per heavy atom. The minimum Gasteiger partial charge on any atom is -0.495 e. The maximum absolute atomic E-state index is 15.7. The van der Waals surface area contributed by atoms with Crippen molar-refractivity contribution in [1.82, 2.24) is 9.88 Å². The van der Waals surface area contributed by atoms with Crippen molar-refractivity contribution >= 4 is 16.8 Å². The van der Waals surface area contributed by atoms with E-state index >= 15 is 4.39 Å². The van der Waals surface area contributed by atoms with Crippen LogP contribution in [-0.2, 0) is 4.74 Å². The monoisotopic (exact) mass is 442 g/mol. The highest BCUT2D eigenvalue weighted by atomic mass is 19.1. The van der Waals surface area contributed by atoms with Gasteiger partial charge in [0.05, 0.1) is 24.6 Å². The Kier molecular flexibility index (Phi) is 5.27. The zero-order chi connectivity index (χ0) is 22.5. The Labute approximate surface area is 187 Å². The lowest BCUT2D eigenvalue weighted by Crippen LogP contribution is -2.66. The fraction of sp³-hybridized carbons (Fsp3) is 0.600. The minimum atomic E-state index is -1.20. The van der Waals surface area contributed by atoms with Crippen molar-refractivity contribution < 1.29 is 18.7 Å². The number of nitrogens with zero attached hydrogens (tertiary/aromatic N) is 1. The van der Waals surface area contributed by atoms with Crippen molar-refractivity contribution in [2.45, 2.75) is 56.7 Å². The molecule has 2 atom stereocenters. The van der Waals surface area contributed by atoms with E-state index in [1.807, 2.05) is 6.92 Å². The molecule has 2 unspecified atom stereocenters. The average molecular weight is 443 g/mol. The number of aromatic amines is 1. The third-order valence-electron chi connectivity index (χ3n) is 7.77. The van der Waals surface area contributed by atoms with Crippen LogP contribution >= 0.6 is 0 Å². The highest BCUT2D eigenvalue weighted by molar-refractivity contribution is 5.98. The third-order valence-corrected chi connectivity index (χ3v) is 7.77. The number of carbonyl (C=O) groups is 1. The molecule has 0 spiro atoms. The van der Waals surface area contributed by atoms with Gasteiger partial charge in [0.15, 0.2) is 0 Å². The summed E-state index contributed by atoms with van der Waals surface area (Å²) in [4.78, 5) is 32.1. The number of hydrogen-bond acceptors (Lipinski definition) is 4. The number of rotatable bonds is 7. The first-order valence-electron chi connectivity index (χ1n) is 11.6. The summed E-state index contributed by atoms with van der Waals surface area (Å²) in [6.07, 6.45) is 5.74. The second-order valence-electron chi connectivity index (χ2n) is 9.90. The molecule has 6 nitrogen and oxygen atoms in total. The highest BCUT2D eigenvalue weighted by Gasteiger charge is 2.61. The quantitative estimate of drug-likeness (QED) is 0.656. The van der Waals surface area contributed by atoms with Crippen LogP contribution in [0.1, 0.15) is 55.8 Å². The lowest BCUT2D eigenvalue weighted by atomic mass is 9.51. The Balaban J connectivity index is 1.55. The van der Waals surface area contributed by atoms with Crippen molar-refractivity contribution in [3.05, 3.63) is 40.2 Å². The molecule has 0 aliphatic heterocycles. The number of carbonyl (C=O) groups excluding carboxylic acids is 1. The summed E-state index contributed by atoms with van der Waals surface area (Å²) >= 11 is 0. The van der Waals surface area contributed by atoms with Crippen LogP contribution in [0.2, 0.25) is 0 Å². The Hall–Kier alpha value is -2.41. The first-order chi connectivity index (χ1) is 15.4. The Morgan fingerprint density at radius 3 is 2.66 bits per heavy atom. The summed E-state index contributed by atoms with van der Waals surface area (Å²) in [6, 6.07) is 5.20. The van der Waals surface area contributed by atoms with E-state index in [0.29, 0.717) is 67.5 Å². The van der Waals surface area contributed by atoms with E-state index in [1.54, 1.807) is 30.2 Å². The van der Waals surface area contributed by atoms with Gasteiger partial charge in [-0.25, -0.2) is 4.39 Å². The maximum Gasteiger partial charge on any atom is 0.259 e. The van der Waals surface area contributed by atoms with Crippen molar-refractivity contribution in [3.63, 3.8) is 0 Å². The summed E-state index contributed by atoms with van der Waals surface area (Å²) in [7, 11) is 1.54. The Morgan fingerprint density at radius 2 is 2.00 bits per heavy atom. The summed E-state index contributed by atoms with van der Waals surface area (Å²) < 4.78 is 26.6. The minimum absolute atomic E-state index is 0.0888. The van der Waals surface area contributed by atoms with E-state index in [1.165, 1.54) is 6.20 Å². The van der Waals surface area contributed by atoms with Crippen molar-refractivity contribution in [2.24, 2.45) is 11.8 Å². The van der Waals surface area contributed by atoms with E-state index in [2.05, 4.69) is 4.98 Å². The number of alkyl halides is 1. The predicted molar refractivity (Wildman–Crippen MR) is 120 cm³/mol. The van der Waals surface area contributed by atoms with Gasteiger partial charge in [-0.1, -0.05) is 6.07 Å². The number of pyridine rings is 1. The fourth-order valence-electron chi connectivity index (χ4n) is 6.97. The van der Waals surface area contributed by atoms with Crippen molar-refractivity contribution in [1.29, 1.82) is 0 Å². The van der Waals surface area contributed by atoms with Gasteiger partial charge in [0, 0.05) is 31.3 Å². The third kappa shape index (κ3) is 3.41. The lowest BCUT2D eigenvalue weighted by molar-refractivity contribution is -0.133. The largest absolute Gasteiger partial charge is 0.495 e. The molecular weight excluding hydrogens is 411 g/mol. The van der Waals surface area contributed by atoms with Gasteiger partial charge in [-0.3, -0.25) is 9.59 Å². The van der Waals surface area contributed by atoms with Gasteiger partial charge in [0.25, 0.3) is 5.91 Å². The summed E-state index contributed by atoms with van der Waals surface area (Å²) in [5.41, 5.74) is -1.41. The molecule has 7 heteroatoms. The number of halogens is 1. The van der Waals surface area contributed by atoms with Crippen LogP contribution in [0.4, 0.5) is 4.39 Å². The predicted octanol–water partition coefficient (Wildman–Crippen LogP) is 4.08. The van der Waals surface area contributed by atoms with Crippen LogP contribution in [-0.4, -0.2) is 53.9 Å². The van der Waals surface area contributed by atoms with E-state index in [9.17, 15) is 9.59 Å². The molecule has 0 radical (unpaired) electrons. The average Bonchev–Trinajstić information content (AvgIpc) is 2.74. The van der Waals surface area contributed by atoms with Crippen molar-refractivity contribution in [2.75, 3.05) is 26.9 Å². The maximum atomic E-state index is 15.7. The first kappa shape index (κ1) is 21.4. The SMILES string of the molecule is CCOCCN(C(=O)c1c[nH]c2c(OC)cccc2c1=O)C12CC3CC(CC(F)(C3)C1)C2. The molecule has 4 fully saturated rings. The number of para-hydroxylation sites is 1. The van der Waals surface area contributed by atoms with Gasteiger partial charge in [-0.15, -0.1) is 0 Å². The molecule has 32 heavy (non-hydrogen) atoms. The molecule has 1 amide bonds. The molecule has 0 saturated heterocycles. The van der Waals surface area contributed by atoms with Crippen LogP contribution in [0, 0.1) is 11.8 Å². The van der Waals surface area contributed by atoms with Gasteiger partial charge < -0.3 is 19.4 Å². The molecule has 6 rings (SSSR count). The van der Waals surface area contributed by atoms with E-state index in [-0.39, 0.29) is 16.9 Å². The highest BCUT2D eigenvalue weighted by Crippen LogP contribution is 2.61. The van der Waals surface area contributed by atoms with Gasteiger partial charge in [0.2, 0.25) is 5.43 Å². The number of amides is 1. The molecule has 4 saturated carbocycles. The standard InChI is InChI=1S/C25H31FN2O4/c1-3-32-8-7-28(25-12-16-9-17(13-25)11-24(26,10-16)15-25)23(30)19-14-27-21-18(22(19)29)5-4-6-20(21)31-2/h4-6,14,16-17H,3,7-13,15H2,1-2H3,(H,27,29). The molecule has 1 aromatic carbocycles. The lowest BCUT2D eigenvalue weighted by Gasteiger charge is -2.62. The normalized spacial score (nSPS) is 30.6. The van der Waals surface area contributed by atoms with Crippen LogP contribution < -0.4 is 10.2 Å². The van der Waals surface area contributed by atoms with Crippen LogP contribution in [0.15, 0.2) is 29.2 Å². The topological polar surface area (TPSA) is 71.6 Å². The van der Waals surface area contributed by atoms with E-state index < -0.39 is 11.2 Å². The Bertz CT molecular complexity index is 1080. The smallest absolute Gasteiger partial charge is 0.259 e. The summed E-state index contributed by atoms with van der Waals surface area (Å²) in [6.45, 7) is 3.19. The van der Waals surface area contributed by atoms with E-state index in [4.69, 9.17) is 9.47 Å². The van der Waals surface area contributed by atoms with Crippen LogP contribution in [0.5, 0.6) is 5.75 Å². The second kappa shape index (κ2) is 7.87. The fourth-order valence-corrected chi connectivity index (χ4v) is 6.97. The number of ether oxygens (including phenoxy) is 2. The first-order valence-corrected chi connectivity index (χ1v) is 11.6. The molecule has 4 aliphatic carbocycles. The molecule has 1 heterocycles. The molecule has 1 aromatic heterocycles. The van der Waals surface area contributed by atoms with Gasteiger partial charge >= 0.3 is 0 Å². The molecule has 4 bridgehead atoms. The van der Waals surface area contributed by atoms with E-state index in [0.717, 1.165) is 19.3 Å². The number of nitrogens with one attached hydrogen (secondary N) is 1. The molecule has 1 N–H and O–H groups in total.